The summed E-state index contributed by atoms with van der Waals surface area (Å²) in [6.07, 6.45) is 24.4. The lowest BCUT2D eigenvalue weighted by Crippen LogP contribution is -2.36. The van der Waals surface area contributed by atoms with Gasteiger partial charge in [0.25, 0.3) is 0 Å². The lowest BCUT2D eigenvalue weighted by molar-refractivity contribution is 0.170. The molecule has 4 nitrogen and oxygen atoms in total. The lowest BCUT2D eigenvalue weighted by atomic mass is 9.67. The van der Waals surface area contributed by atoms with Gasteiger partial charge >= 0.3 is 14.2 Å². The molecule has 0 aromatic heterocycles. The maximum absolute atomic E-state index is 11.2. The van der Waals surface area contributed by atoms with Gasteiger partial charge in [0, 0.05) is 17.7 Å². The molecular weight excluding hydrogens is 566 g/mol. The van der Waals surface area contributed by atoms with Crippen LogP contribution in [-0.2, 0) is 19.4 Å². The first-order valence-electron chi connectivity index (χ1n) is 18.3. The minimum absolute atomic E-state index is 0.130. The average molecular weight is 629 g/mol. The Morgan fingerprint density at radius 1 is 0.978 bits per heavy atom. The molecule has 1 N–H and O–H groups in total. The molecule has 6 heteroatoms. The quantitative estimate of drug-likeness (QED) is 0.0789. The van der Waals surface area contributed by atoms with Gasteiger partial charge in [0.1, 0.15) is 5.60 Å². The molecule has 0 amide bonds. The topological polar surface area (TPSA) is 47.9 Å². The van der Waals surface area contributed by atoms with Crippen molar-refractivity contribution in [1.82, 2.24) is 0 Å². The van der Waals surface area contributed by atoms with Gasteiger partial charge in [-0.1, -0.05) is 161 Å². The Kier molecular flexibility index (Phi) is 15.0. The van der Waals surface area contributed by atoms with Crippen LogP contribution in [0.25, 0.3) is 5.57 Å². The average Bonchev–Trinajstić information content (AvgIpc) is 3.44. The predicted octanol–water partition coefficient (Wildman–Crippen LogP) is 10.6. The summed E-state index contributed by atoms with van der Waals surface area (Å²) >= 11 is 0. The van der Waals surface area contributed by atoms with E-state index in [4.69, 9.17) is 14.0 Å². The molecule has 3 rings (SSSR count). The maximum Gasteiger partial charge on any atom is 0.559 e. The second-order valence-electron chi connectivity index (χ2n) is 14.3. The van der Waals surface area contributed by atoms with Gasteiger partial charge in [0.15, 0.2) is 0 Å². The highest BCUT2D eigenvalue weighted by Crippen LogP contribution is 2.53. The summed E-state index contributed by atoms with van der Waals surface area (Å²) in [5.74, 6) is 1.40. The molecule has 0 saturated carbocycles. The van der Waals surface area contributed by atoms with Crippen LogP contribution in [0.3, 0.4) is 0 Å². The number of hydrogen-bond acceptors (Lipinski definition) is 4. The number of unbranched alkanes of at least 4 members (excludes halogenated alkanes) is 10. The molecule has 0 spiro atoms. The van der Waals surface area contributed by atoms with Crippen LogP contribution in [0.15, 0.2) is 73.3 Å². The molecule has 1 aromatic carbocycles. The van der Waals surface area contributed by atoms with Crippen molar-refractivity contribution in [2.75, 3.05) is 0 Å². The van der Waals surface area contributed by atoms with Gasteiger partial charge in [-0.3, -0.25) is 0 Å². The molecule has 2 aliphatic rings. The second kappa shape index (κ2) is 18.2. The first kappa shape index (κ1) is 38.0. The molecule has 0 atom stereocenters. The monoisotopic (exact) mass is 628 g/mol. The SMILES string of the molecule is C=CC1=C(/C=C\CB2OC(=C)C(C)(C)O2)c2ccc(B(O)OC(=C)C(C)C)cc2C1(CCCCCCCC)CCCCCCCC. The summed E-state index contributed by atoms with van der Waals surface area (Å²) in [5, 5.41) is 11.2. The standard InChI is InChI=1S/C40H62B2O4/c1-10-13-15-17-19-21-27-40(28-22-20-18-16-14-11-2)37(12-3)35(24-23-29-41-45-33(7)39(8,9)46-41)36-26-25-34(30-38(36)40)42(43)44-32(6)31(4)5/h12,23-26,30-31,43H,3,6-7,10-11,13-22,27-29H2,1-2,4-5,8-9H3/b24-23-. The summed E-state index contributed by atoms with van der Waals surface area (Å²) in [4.78, 5) is 0. The van der Waals surface area contributed by atoms with Crippen molar-refractivity contribution in [2.24, 2.45) is 5.92 Å². The Morgan fingerprint density at radius 2 is 1.57 bits per heavy atom. The Hall–Kier alpha value is -2.43. The molecule has 46 heavy (non-hydrogen) atoms. The van der Waals surface area contributed by atoms with Gasteiger partial charge in [-0.15, -0.1) is 0 Å². The smallest absolute Gasteiger partial charge is 0.537 e. The van der Waals surface area contributed by atoms with E-state index in [-0.39, 0.29) is 18.5 Å². The van der Waals surface area contributed by atoms with E-state index in [0.717, 1.165) is 18.3 Å². The van der Waals surface area contributed by atoms with Crippen LogP contribution in [0.5, 0.6) is 0 Å². The lowest BCUT2D eigenvalue weighted by Gasteiger charge is -2.34. The highest BCUT2D eigenvalue weighted by molar-refractivity contribution is 6.60. The van der Waals surface area contributed by atoms with Gasteiger partial charge in [0.05, 0.1) is 11.5 Å². The highest BCUT2D eigenvalue weighted by atomic mass is 16.7. The zero-order valence-corrected chi connectivity index (χ0v) is 30.1. The maximum atomic E-state index is 11.2. The molecule has 1 aromatic rings. The predicted molar refractivity (Wildman–Crippen MR) is 199 cm³/mol. The molecule has 1 heterocycles. The van der Waals surface area contributed by atoms with Crippen LogP contribution in [-0.4, -0.2) is 24.9 Å². The van der Waals surface area contributed by atoms with Gasteiger partial charge in [-0.2, -0.15) is 0 Å². The number of benzene rings is 1. The van der Waals surface area contributed by atoms with Crippen LogP contribution >= 0.6 is 0 Å². The molecule has 1 saturated heterocycles. The number of hydrogen-bond donors (Lipinski definition) is 1. The molecular formula is C40H62B2O4. The van der Waals surface area contributed by atoms with Crippen molar-refractivity contribution >= 4 is 25.3 Å². The zero-order chi connectivity index (χ0) is 33.7. The fraction of sp³-hybridized carbons (Fsp3) is 0.600. The fourth-order valence-corrected chi connectivity index (χ4v) is 6.92. The Bertz CT molecular complexity index is 1210. The van der Waals surface area contributed by atoms with Gasteiger partial charge in [-0.05, 0) is 54.4 Å². The highest BCUT2D eigenvalue weighted by Gasteiger charge is 2.44. The first-order chi connectivity index (χ1) is 22.0. The Labute approximate surface area is 282 Å². The van der Waals surface area contributed by atoms with E-state index < -0.39 is 12.7 Å². The number of fused-ring (bicyclic) bond motifs is 1. The van der Waals surface area contributed by atoms with Crippen molar-refractivity contribution in [2.45, 2.75) is 149 Å². The summed E-state index contributed by atoms with van der Waals surface area (Å²) in [5.41, 5.74) is 5.17. The fourth-order valence-electron chi connectivity index (χ4n) is 6.92. The van der Waals surface area contributed by atoms with E-state index in [2.05, 4.69) is 63.9 Å². The van der Waals surface area contributed by atoms with Crippen LogP contribution in [0.2, 0.25) is 6.32 Å². The summed E-state index contributed by atoms with van der Waals surface area (Å²) in [7, 11) is -1.40. The van der Waals surface area contributed by atoms with Gasteiger partial charge in [-0.25, -0.2) is 0 Å². The third-order valence-corrected chi connectivity index (χ3v) is 9.95. The number of rotatable bonds is 22. The van der Waals surface area contributed by atoms with Crippen molar-refractivity contribution in [3.05, 3.63) is 84.4 Å². The zero-order valence-electron chi connectivity index (χ0n) is 30.1. The van der Waals surface area contributed by atoms with E-state index in [1.54, 1.807) is 0 Å². The van der Waals surface area contributed by atoms with E-state index >= 15 is 0 Å². The third kappa shape index (κ3) is 9.80. The molecule has 1 aliphatic carbocycles. The Morgan fingerprint density at radius 3 is 2.09 bits per heavy atom. The second-order valence-corrected chi connectivity index (χ2v) is 14.3. The van der Waals surface area contributed by atoms with Gasteiger partial charge < -0.3 is 19.0 Å². The molecule has 252 valence electrons. The molecule has 0 unspecified atom stereocenters. The van der Waals surface area contributed by atoms with Crippen LogP contribution in [0, 0.1) is 5.92 Å². The van der Waals surface area contributed by atoms with Crippen molar-refractivity contribution in [3.63, 3.8) is 0 Å². The van der Waals surface area contributed by atoms with E-state index in [0.29, 0.717) is 17.8 Å². The Balaban J connectivity index is 2.01. The molecule has 1 fully saturated rings. The molecule has 1 aliphatic heterocycles. The van der Waals surface area contributed by atoms with Crippen LogP contribution < -0.4 is 5.46 Å². The van der Waals surface area contributed by atoms with Crippen LogP contribution in [0.4, 0.5) is 0 Å². The van der Waals surface area contributed by atoms with Crippen molar-refractivity contribution in [3.8, 4) is 0 Å². The summed E-state index contributed by atoms with van der Waals surface area (Å²) in [6, 6.07) is 6.39. The third-order valence-electron chi connectivity index (χ3n) is 9.95. The van der Waals surface area contributed by atoms with Crippen molar-refractivity contribution < 1.29 is 19.0 Å². The molecule has 0 bridgehead atoms. The first-order valence-corrected chi connectivity index (χ1v) is 18.3. The van der Waals surface area contributed by atoms with E-state index in [9.17, 15) is 5.02 Å². The minimum Gasteiger partial charge on any atom is -0.537 e. The van der Waals surface area contributed by atoms with Gasteiger partial charge in [0.2, 0.25) is 0 Å². The van der Waals surface area contributed by atoms with E-state index in [1.807, 2.05) is 33.8 Å². The number of allylic oxidation sites excluding steroid dienone is 6. The van der Waals surface area contributed by atoms with E-state index in [1.165, 1.54) is 99.3 Å². The largest absolute Gasteiger partial charge is 0.559 e. The molecule has 0 radical (unpaired) electrons. The summed E-state index contributed by atoms with van der Waals surface area (Å²) < 4.78 is 17.9. The normalized spacial score (nSPS) is 16.8. The van der Waals surface area contributed by atoms with Crippen LogP contribution in [0.1, 0.15) is 143 Å². The summed E-state index contributed by atoms with van der Waals surface area (Å²) in [6.45, 7) is 25.1. The minimum atomic E-state index is -1.05. The van der Waals surface area contributed by atoms with Crippen molar-refractivity contribution in [1.29, 1.82) is 0 Å².